The van der Waals surface area contributed by atoms with Crippen molar-refractivity contribution in [2.24, 2.45) is 0 Å². The normalized spacial score (nSPS) is 17.6. The maximum Gasteiger partial charge on any atom is 0.252 e. The molecular weight excluding hydrogens is 228 g/mol. The van der Waals surface area contributed by atoms with E-state index in [4.69, 9.17) is 0 Å². The molecular formula is C13H22N4O. The molecule has 1 fully saturated rings. The second-order valence-corrected chi connectivity index (χ2v) is 5.52. The van der Waals surface area contributed by atoms with E-state index in [0.717, 1.165) is 12.4 Å². The van der Waals surface area contributed by atoms with Crippen LogP contribution in [0, 0.1) is 6.92 Å². The summed E-state index contributed by atoms with van der Waals surface area (Å²) >= 11 is 0. The molecule has 5 nitrogen and oxygen atoms in total. The number of nitrogens with zero attached hydrogens (tertiary/aromatic N) is 3. The van der Waals surface area contributed by atoms with E-state index in [1.165, 1.54) is 19.3 Å². The molecule has 0 aromatic carbocycles. The second-order valence-electron chi connectivity index (χ2n) is 5.52. The number of hydrogen-bond donors (Lipinski definition) is 1. The van der Waals surface area contributed by atoms with E-state index in [9.17, 15) is 4.79 Å². The molecule has 1 aliphatic carbocycles. The van der Waals surface area contributed by atoms with Crippen LogP contribution in [0.25, 0.3) is 0 Å². The van der Waals surface area contributed by atoms with Crippen LogP contribution in [-0.2, 0) is 0 Å². The molecule has 100 valence electrons. The summed E-state index contributed by atoms with van der Waals surface area (Å²) in [5.74, 6) is 1.42. The quantitative estimate of drug-likeness (QED) is 0.866. The highest BCUT2D eigenvalue weighted by Crippen LogP contribution is 2.37. The lowest BCUT2D eigenvalue weighted by Gasteiger charge is -2.49. The van der Waals surface area contributed by atoms with Crippen LogP contribution in [0.15, 0.2) is 10.9 Å². The predicted octanol–water partition coefficient (Wildman–Crippen LogP) is 0.999. The van der Waals surface area contributed by atoms with Crippen LogP contribution in [0.2, 0.25) is 0 Å². The molecule has 0 bridgehead atoms. The van der Waals surface area contributed by atoms with Crippen LogP contribution in [0.4, 0.5) is 5.82 Å². The predicted molar refractivity (Wildman–Crippen MR) is 73.1 cm³/mol. The first-order valence-electron chi connectivity index (χ1n) is 6.39. The van der Waals surface area contributed by atoms with Crippen molar-refractivity contribution in [1.29, 1.82) is 0 Å². The van der Waals surface area contributed by atoms with E-state index in [1.54, 1.807) is 6.07 Å². The van der Waals surface area contributed by atoms with Gasteiger partial charge in [-0.05, 0) is 40.3 Å². The molecule has 18 heavy (non-hydrogen) atoms. The van der Waals surface area contributed by atoms with Gasteiger partial charge in [0.1, 0.15) is 11.6 Å². The monoisotopic (exact) mass is 250 g/mol. The molecule has 1 saturated carbocycles. The molecule has 2 rings (SSSR count). The van der Waals surface area contributed by atoms with E-state index >= 15 is 0 Å². The summed E-state index contributed by atoms with van der Waals surface area (Å²) in [6.07, 6.45) is 3.72. The number of likely N-dealkylation sites (N-methyl/N-ethyl adjacent to an activating group) is 2. The largest absolute Gasteiger partial charge is 0.358 e. The van der Waals surface area contributed by atoms with Gasteiger partial charge in [-0.25, -0.2) is 4.98 Å². The number of aromatic nitrogens is 2. The third-order valence-electron chi connectivity index (χ3n) is 4.00. The third-order valence-corrected chi connectivity index (χ3v) is 4.00. The smallest absolute Gasteiger partial charge is 0.252 e. The lowest BCUT2D eigenvalue weighted by atomic mass is 9.75. The Morgan fingerprint density at radius 1 is 1.39 bits per heavy atom. The fraction of sp³-hybridized carbons (Fsp3) is 0.692. The Morgan fingerprint density at radius 2 is 2.06 bits per heavy atom. The second kappa shape index (κ2) is 4.72. The maximum atomic E-state index is 11.5. The Morgan fingerprint density at radius 3 is 2.50 bits per heavy atom. The molecule has 0 saturated heterocycles. The highest BCUT2D eigenvalue weighted by Gasteiger charge is 2.40. The minimum absolute atomic E-state index is 0.0862. The van der Waals surface area contributed by atoms with Crippen molar-refractivity contribution in [3.05, 3.63) is 22.2 Å². The number of hydrogen-bond acceptors (Lipinski definition) is 4. The Balaban J connectivity index is 2.16. The molecule has 0 radical (unpaired) electrons. The van der Waals surface area contributed by atoms with Crippen LogP contribution in [0.1, 0.15) is 25.1 Å². The number of nitrogens with one attached hydrogen (secondary N) is 1. The third kappa shape index (κ3) is 2.41. The van der Waals surface area contributed by atoms with Crippen molar-refractivity contribution in [2.45, 2.75) is 31.7 Å². The summed E-state index contributed by atoms with van der Waals surface area (Å²) in [6.45, 7) is 2.72. The standard InChI is InChI=1S/C13H22N4O/c1-10-14-11(8-12(18)15-10)17(4)9-13(16(2)3)6-5-7-13/h8H,5-7,9H2,1-4H3,(H,14,15,18). The van der Waals surface area contributed by atoms with Crippen LogP contribution in [0.3, 0.4) is 0 Å². The summed E-state index contributed by atoms with van der Waals surface area (Å²) in [5, 5.41) is 0. The Bertz CT molecular complexity index is 476. The van der Waals surface area contributed by atoms with E-state index in [1.807, 2.05) is 14.0 Å². The molecule has 1 aromatic rings. The van der Waals surface area contributed by atoms with Gasteiger partial charge in [-0.1, -0.05) is 0 Å². The van der Waals surface area contributed by atoms with Crippen molar-refractivity contribution >= 4 is 5.82 Å². The molecule has 0 spiro atoms. The van der Waals surface area contributed by atoms with Gasteiger partial charge in [0, 0.05) is 25.2 Å². The van der Waals surface area contributed by atoms with Crippen molar-refractivity contribution < 1.29 is 0 Å². The molecule has 5 heteroatoms. The molecule has 0 aliphatic heterocycles. The summed E-state index contributed by atoms with van der Waals surface area (Å²) in [5.41, 5.74) is 0.157. The lowest BCUT2D eigenvalue weighted by molar-refractivity contribution is 0.0681. The minimum atomic E-state index is -0.0862. The Kier molecular flexibility index (Phi) is 3.43. The molecule has 1 N–H and O–H groups in total. The number of rotatable bonds is 4. The van der Waals surface area contributed by atoms with Gasteiger partial charge in [-0.15, -0.1) is 0 Å². The van der Waals surface area contributed by atoms with Gasteiger partial charge in [0.05, 0.1) is 0 Å². The average molecular weight is 250 g/mol. The van der Waals surface area contributed by atoms with Gasteiger partial charge < -0.3 is 14.8 Å². The summed E-state index contributed by atoms with van der Waals surface area (Å²) in [7, 11) is 6.26. The maximum absolute atomic E-state index is 11.5. The topological polar surface area (TPSA) is 52.2 Å². The Labute approximate surface area is 108 Å². The van der Waals surface area contributed by atoms with Crippen molar-refractivity contribution in [2.75, 3.05) is 32.6 Å². The van der Waals surface area contributed by atoms with E-state index in [2.05, 4.69) is 33.9 Å². The fourth-order valence-corrected chi connectivity index (χ4v) is 2.61. The number of aromatic amines is 1. The first kappa shape index (κ1) is 13.1. The molecule has 1 aromatic heterocycles. The number of aryl methyl sites for hydroxylation is 1. The van der Waals surface area contributed by atoms with Gasteiger partial charge in [0.2, 0.25) is 0 Å². The van der Waals surface area contributed by atoms with Gasteiger partial charge in [-0.3, -0.25) is 4.79 Å². The molecule has 1 heterocycles. The van der Waals surface area contributed by atoms with Crippen LogP contribution in [-0.4, -0.2) is 48.1 Å². The minimum Gasteiger partial charge on any atom is -0.358 e. The molecule has 0 unspecified atom stereocenters. The zero-order valence-corrected chi connectivity index (χ0v) is 11.7. The Hall–Kier alpha value is -1.36. The van der Waals surface area contributed by atoms with Crippen molar-refractivity contribution in [1.82, 2.24) is 14.9 Å². The zero-order valence-electron chi connectivity index (χ0n) is 11.7. The highest BCUT2D eigenvalue weighted by molar-refractivity contribution is 5.37. The molecule has 0 atom stereocenters. The molecule has 1 aliphatic rings. The van der Waals surface area contributed by atoms with E-state index in [0.29, 0.717) is 5.82 Å². The summed E-state index contributed by atoms with van der Waals surface area (Å²) in [4.78, 5) is 22.9. The zero-order chi connectivity index (χ0) is 13.3. The summed E-state index contributed by atoms with van der Waals surface area (Å²) < 4.78 is 0. The van der Waals surface area contributed by atoms with Crippen LogP contribution < -0.4 is 10.5 Å². The SMILES string of the molecule is Cc1nc(N(C)CC2(N(C)C)CCC2)cc(=O)[nH]1. The van der Waals surface area contributed by atoms with Gasteiger partial charge in [0.15, 0.2) is 0 Å². The highest BCUT2D eigenvalue weighted by atomic mass is 16.1. The van der Waals surface area contributed by atoms with Crippen molar-refractivity contribution in [3.63, 3.8) is 0 Å². The van der Waals surface area contributed by atoms with Gasteiger partial charge in [-0.2, -0.15) is 0 Å². The molecule has 0 amide bonds. The average Bonchev–Trinajstić information content (AvgIpc) is 2.21. The van der Waals surface area contributed by atoms with E-state index < -0.39 is 0 Å². The number of anilines is 1. The number of H-pyrrole nitrogens is 1. The van der Waals surface area contributed by atoms with Gasteiger partial charge >= 0.3 is 0 Å². The first-order chi connectivity index (χ1) is 8.43. The van der Waals surface area contributed by atoms with Crippen LogP contribution >= 0.6 is 0 Å². The lowest BCUT2D eigenvalue weighted by Crippen LogP contribution is -2.57. The van der Waals surface area contributed by atoms with Crippen molar-refractivity contribution in [3.8, 4) is 0 Å². The first-order valence-corrected chi connectivity index (χ1v) is 6.39. The summed E-state index contributed by atoms with van der Waals surface area (Å²) in [6, 6.07) is 1.56. The van der Waals surface area contributed by atoms with E-state index in [-0.39, 0.29) is 11.1 Å². The van der Waals surface area contributed by atoms with Crippen LogP contribution in [0.5, 0.6) is 0 Å². The fourth-order valence-electron chi connectivity index (χ4n) is 2.61. The van der Waals surface area contributed by atoms with Gasteiger partial charge in [0.25, 0.3) is 5.56 Å².